The summed E-state index contributed by atoms with van der Waals surface area (Å²) in [6.07, 6.45) is 7.87. The molecule has 3 nitrogen and oxygen atoms in total. The summed E-state index contributed by atoms with van der Waals surface area (Å²) in [5.74, 6) is 0.114. The molecule has 1 aliphatic carbocycles. The van der Waals surface area contributed by atoms with Crippen LogP contribution in [-0.4, -0.2) is 34.6 Å². The van der Waals surface area contributed by atoms with Crippen LogP contribution < -0.4 is 0 Å². The standard InChI is InChI=1S/C13H23NO2/c1-10-5-2-3-7-12(10)14-8-4-6-11(14)9-13(15)16/h10-12H,2-9H2,1H3,(H,15,16). The summed E-state index contributed by atoms with van der Waals surface area (Å²) < 4.78 is 0. The second kappa shape index (κ2) is 5.17. The summed E-state index contributed by atoms with van der Waals surface area (Å²) in [4.78, 5) is 13.3. The molecule has 1 aliphatic heterocycles. The molecule has 1 saturated heterocycles. The minimum atomic E-state index is -0.639. The average molecular weight is 225 g/mol. The molecule has 0 bridgehead atoms. The zero-order valence-corrected chi connectivity index (χ0v) is 10.2. The van der Waals surface area contributed by atoms with Gasteiger partial charge in [0.15, 0.2) is 0 Å². The lowest BCUT2D eigenvalue weighted by molar-refractivity contribution is -0.138. The van der Waals surface area contributed by atoms with E-state index >= 15 is 0 Å². The van der Waals surface area contributed by atoms with Gasteiger partial charge < -0.3 is 5.11 Å². The second-order valence-corrected chi connectivity index (χ2v) is 5.46. The fourth-order valence-electron chi connectivity index (χ4n) is 3.50. The topological polar surface area (TPSA) is 40.5 Å². The maximum Gasteiger partial charge on any atom is 0.304 e. The van der Waals surface area contributed by atoms with Crippen LogP contribution in [0.5, 0.6) is 0 Å². The molecule has 1 heterocycles. The van der Waals surface area contributed by atoms with Crippen LogP contribution in [0.25, 0.3) is 0 Å². The molecule has 2 aliphatic rings. The van der Waals surface area contributed by atoms with Gasteiger partial charge in [-0.25, -0.2) is 0 Å². The first-order valence-corrected chi connectivity index (χ1v) is 6.66. The molecule has 0 aromatic heterocycles. The minimum Gasteiger partial charge on any atom is -0.481 e. The summed E-state index contributed by atoms with van der Waals surface area (Å²) in [7, 11) is 0. The SMILES string of the molecule is CC1CCCCC1N1CCCC1CC(=O)O. The fraction of sp³-hybridized carbons (Fsp3) is 0.923. The molecule has 92 valence electrons. The van der Waals surface area contributed by atoms with Crippen molar-refractivity contribution in [2.24, 2.45) is 5.92 Å². The van der Waals surface area contributed by atoms with E-state index in [9.17, 15) is 4.79 Å². The van der Waals surface area contributed by atoms with Crippen molar-refractivity contribution < 1.29 is 9.90 Å². The van der Waals surface area contributed by atoms with E-state index in [1.165, 1.54) is 32.1 Å². The minimum absolute atomic E-state index is 0.308. The lowest BCUT2D eigenvalue weighted by Gasteiger charge is -2.39. The Morgan fingerprint density at radius 1 is 1.25 bits per heavy atom. The number of aliphatic carboxylic acids is 1. The highest BCUT2D eigenvalue weighted by Gasteiger charge is 2.35. The Bertz CT molecular complexity index is 254. The van der Waals surface area contributed by atoms with Gasteiger partial charge in [0.25, 0.3) is 0 Å². The van der Waals surface area contributed by atoms with Crippen LogP contribution in [-0.2, 0) is 4.79 Å². The molecule has 0 aromatic rings. The predicted octanol–water partition coefficient (Wildman–Crippen LogP) is 2.50. The highest BCUT2D eigenvalue weighted by atomic mass is 16.4. The van der Waals surface area contributed by atoms with E-state index in [4.69, 9.17) is 5.11 Å². The van der Waals surface area contributed by atoms with Crippen molar-refractivity contribution in [2.75, 3.05) is 6.54 Å². The van der Waals surface area contributed by atoms with Gasteiger partial charge in [-0.2, -0.15) is 0 Å². The number of hydrogen-bond acceptors (Lipinski definition) is 2. The lowest BCUT2D eigenvalue weighted by Crippen LogP contribution is -2.44. The number of likely N-dealkylation sites (tertiary alicyclic amines) is 1. The number of hydrogen-bond donors (Lipinski definition) is 1. The Hall–Kier alpha value is -0.570. The third-order valence-electron chi connectivity index (χ3n) is 4.33. The van der Waals surface area contributed by atoms with Crippen molar-refractivity contribution in [2.45, 2.75) is 64.0 Å². The van der Waals surface area contributed by atoms with Gasteiger partial charge in [0.05, 0.1) is 6.42 Å². The van der Waals surface area contributed by atoms with Crippen molar-refractivity contribution in [1.82, 2.24) is 4.90 Å². The van der Waals surface area contributed by atoms with Gasteiger partial charge in [0.1, 0.15) is 0 Å². The van der Waals surface area contributed by atoms with Crippen molar-refractivity contribution in [3.8, 4) is 0 Å². The molecule has 3 heteroatoms. The number of nitrogens with zero attached hydrogens (tertiary/aromatic N) is 1. The molecule has 1 saturated carbocycles. The van der Waals surface area contributed by atoms with E-state index in [1.54, 1.807) is 0 Å². The van der Waals surface area contributed by atoms with Crippen LogP contribution in [0.15, 0.2) is 0 Å². The van der Waals surface area contributed by atoms with Gasteiger partial charge in [-0.1, -0.05) is 19.8 Å². The molecule has 16 heavy (non-hydrogen) atoms. The van der Waals surface area contributed by atoms with Crippen LogP contribution in [0, 0.1) is 5.92 Å². The van der Waals surface area contributed by atoms with E-state index in [-0.39, 0.29) is 0 Å². The van der Waals surface area contributed by atoms with E-state index in [2.05, 4.69) is 11.8 Å². The highest BCUT2D eigenvalue weighted by molar-refractivity contribution is 5.67. The van der Waals surface area contributed by atoms with Gasteiger partial charge in [-0.15, -0.1) is 0 Å². The van der Waals surface area contributed by atoms with Crippen LogP contribution in [0.2, 0.25) is 0 Å². The third kappa shape index (κ3) is 2.57. The zero-order valence-electron chi connectivity index (χ0n) is 10.2. The zero-order chi connectivity index (χ0) is 11.5. The van der Waals surface area contributed by atoms with Gasteiger partial charge in [-0.3, -0.25) is 9.69 Å². The van der Waals surface area contributed by atoms with Crippen LogP contribution >= 0.6 is 0 Å². The van der Waals surface area contributed by atoms with Crippen LogP contribution in [0.1, 0.15) is 51.9 Å². The molecular formula is C13H23NO2. The van der Waals surface area contributed by atoms with Crippen LogP contribution in [0.4, 0.5) is 0 Å². The maximum atomic E-state index is 10.8. The molecular weight excluding hydrogens is 202 g/mol. The molecule has 0 radical (unpaired) electrons. The largest absolute Gasteiger partial charge is 0.481 e. The van der Waals surface area contributed by atoms with Crippen LogP contribution in [0.3, 0.4) is 0 Å². The maximum absolute atomic E-state index is 10.8. The normalized spacial score (nSPS) is 36.4. The summed E-state index contributed by atoms with van der Waals surface area (Å²) in [5, 5.41) is 8.93. The molecule has 0 aromatic carbocycles. The molecule has 3 unspecified atom stereocenters. The molecule has 2 rings (SSSR count). The number of carbonyl (C=O) groups is 1. The molecule has 0 amide bonds. The first kappa shape index (κ1) is 11.9. The monoisotopic (exact) mass is 225 g/mol. The number of carboxylic acid groups (broad SMARTS) is 1. The predicted molar refractivity (Wildman–Crippen MR) is 63.4 cm³/mol. The highest BCUT2D eigenvalue weighted by Crippen LogP contribution is 2.33. The Kier molecular flexibility index (Phi) is 3.85. The summed E-state index contributed by atoms with van der Waals surface area (Å²) >= 11 is 0. The number of carboxylic acids is 1. The van der Waals surface area contributed by atoms with Crippen molar-refractivity contribution in [3.63, 3.8) is 0 Å². The quantitative estimate of drug-likeness (QED) is 0.802. The smallest absolute Gasteiger partial charge is 0.304 e. The second-order valence-electron chi connectivity index (χ2n) is 5.46. The Morgan fingerprint density at radius 2 is 2.00 bits per heavy atom. The Labute approximate surface area is 97.8 Å². The fourth-order valence-corrected chi connectivity index (χ4v) is 3.50. The molecule has 0 spiro atoms. The Balaban J connectivity index is 1.98. The molecule has 2 fully saturated rings. The van der Waals surface area contributed by atoms with Crippen molar-refractivity contribution >= 4 is 5.97 Å². The Morgan fingerprint density at radius 3 is 2.69 bits per heavy atom. The third-order valence-corrected chi connectivity index (χ3v) is 4.33. The van der Waals surface area contributed by atoms with Crippen molar-refractivity contribution in [3.05, 3.63) is 0 Å². The van der Waals surface area contributed by atoms with E-state index in [0.717, 1.165) is 18.9 Å². The lowest BCUT2D eigenvalue weighted by atomic mass is 9.84. The number of rotatable bonds is 3. The van der Waals surface area contributed by atoms with Gasteiger partial charge in [0.2, 0.25) is 0 Å². The van der Waals surface area contributed by atoms with Crippen molar-refractivity contribution in [1.29, 1.82) is 0 Å². The average Bonchev–Trinajstić information content (AvgIpc) is 2.66. The summed E-state index contributed by atoms with van der Waals surface area (Å²) in [5.41, 5.74) is 0. The molecule has 1 N–H and O–H groups in total. The van der Waals surface area contributed by atoms with Gasteiger partial charge >= 0.3 is 5.97 Å². The first-order valence-electron chi connectivity index (χ1n) is 6.66. The van der Waals surface area contributed by atoms with E-state index in [0.29, 0.717) is 18.5 Å². The van der Waals surface area contributed by atoms with E-state index in [1.807, 2.05) is 0 Å². The van der Waals surface area contributed by atoms with E-state index < -0.39 is 5.97 Å². The summed E-state index contributed by atoms with van der Waals surface area (Å²) in [6, 6.07) is 0.962. The van der Waals surface area contributed by atoms with Gasteiger partial charge in [0, 0.05) is 12.1 Å². The van der Waals surface area contributed by atoms with Gasteiger partial charge in [-0.05, 0) is 38.1 Å². The first-order chi connectivity index (χ1) is 7.68. The molecule has 3 atom stereocenters. The summed E-state index contributed by atoms with van der Waals surface area (Å²) in [6.45, 7) is 3.45.